The highest BCUT2D eigenvalue weighted by atomic mass is 32.1. The number of hydrogen-bond acceptors (Lipinski definition) is 4. The summed E-state index contributed by atoms with van der Waals surface area (Å²) in [6.07, 6.45) is 1.78. The molecule has 0 bridgehead atoms. The number of amides is 1. The normalized spacial score (nSPS) is 14.7. The third-order valence-electron chi connectivity index (χ3n) is 2.66. The number of carboxylic acids is 1. The standard InChI is InChI=1S/C11H14N2O3S/c1-6-10(12-7(2)17-6)11(16)13(5-9(14)15)8-3-4-8/h8H,3-5H2,1-2H3,(H,14,15). The molecule has 2 rings (SSSR count). The Morgan fingerprint density at radius 2 is 2.12 bits per heavy atom. The van der Waals surface area contributed by atoms with E-state index in [4.69, 9.17) is 5.11 Å². The summed E-state index contributed by atoms with van der Waals surface area (Å²) in [5.74, 6) is -1.23. The van der Waals surface area contributed by atoms with Gasteiger partial charge in [-0.2, -0.15) is 0 Å². The lowest BCUT2D eigenvalue weighted by Crippen LogP contribution is -2.37. The minimum Gasteiger partial charge on any atom is -0.480 e. The molecule has 1 N–H and O–H groups in total. The average Bonchev–Trinajstić information content (AvgIpc) is 3.00. The van der Waals surface area contributed by atoms with E-state index < -0.39 is 5.97 Å². The van der Waals surface area contributed by atoms with Crippen LogP contribution in [0.4, 0.5) is 0 Å². The van der Waals surface area contributed by atoms with Gasteiger partial charge in [0.15, 0.2) is 0 Å². The molecule has 0 atom stereocenters. The zero-order valence-corrected chi connectivity index (χ0v) is 10.6. The molecule has 1 aliphatic rings. The van der Waals surface area contributed by atoms with E-state index >= 15 is 0 Å². The van der Waals surface area contributed by atoms with Crippen molar-refractivity contribution in [2.24, 2.45) is 0 Å². The van der Waals surface area contributed by atoms with Gasteiger partial charge in [-0.1, -0.05) is 0 Å². The molecule has 1 saturated carbocycles. The number of aromatic nitrogens is 1. The van der Waals surface area contributed by atoms with Crippen molar-refractivity contribution in [2.45, 2.75) is 32.7 Å². The van der Waals surface area contributed by atoms with Crippen LogP contribution in [-0.2, 0) is 4.79 Å². The van der Waals surface area contributed by atoms with Gasteiger partial charge in [-0.05, 0) is 26.7 Å². The van der Waals surface area contributed by atoms with Crippen molar-refractivity contribution in [3.8, 4) is 0 Å². The fourth-order valence-corrected chi connectivity index (χ4v) is 2.57. The molecule has 1 aromatic rings. The summed E-state index contributed by atoms with van der Waals surface area (Å²) in [7, 11) is 0. The minimum absolute atomic E-state index is 0.0833. The maximum absolute atomic E-state index is 12.2. The molecule has 0 spiro atoms. The predicted molar refractivity (Wildman–Crippen MR) is 63.3 cm³/mol. The summed E-state index contributed by atoms with van der Waals surface area (Å²) >= 11 is 1.46. The maximum atomic E-state index is 12.2. The highest BCUT2D eigenvalue weighted by Crippen LogP contribution is 2.29. The second-order valence-electron chi connectivity index (χ2n) is 4.20. The summed E-state index contributed by atoms with van der Waals surface area (Å²) in [4.78, 5) is 29.4. The van der Waals surface area contributed by atoms with Gasteiger partial charge in [0.1, 0.15) is 12.2 Å². The molecule has 17 heavy (non-hydrogen) atoms. The molecule has 1 aliphatic carbocycles. The van der Waals surface area contributed by atoms with E-state index in [2.05, 4.69) is 4.98 Å². The molecule has 0 aromatic carbocycles. The molecular weight excluding hydrogens is 240 g/mol. The van der Waals surface area contributed by atoms with Gasteiger partial charge in [0.05, 0.1) is 5.01 Å². The van der Waals surface area contributed by atoms with Gasteiger partial charge in [-0.25, -0.2) is 4.98 Å². The lowest BCUT2D eigenvalue weighted by Gasteiger charge is -2.19. The number of nitrogens with zero attached hydrogens (tertiary/aromatic N) is 2. The summed E-state index contributed by atoms with van der Waals surface area (Å²) < 4.78 is 0. The first-order valence-electron chi connectivity index (χ1n) is 5.46. The zero-order valence-electron chi connectivity index (χ0n) is 9.77. The first-order chi connectivity index (χ1) is 7.99. The lowest BCUT2D eigenvalue weighted by atomic mass is 10.3. The van der Waals surface area contributed by atoms with Crippen LogP contribution in [0.1, 0.15) is 33.2 Å². The Balaban J connectivity index is 2.21. The van der Waals surface area contributed by atoms with Crippen molar-refractivity contribution in [3.05, 3.63) is 15.6 Å². The van der Waals surface area contributed by atoms with Gasteiger partial charge in [0.2, 0.25) is 0 Å². The molecule has 1 fully saturated rings. The van der Waals surface area contributed by atoms with Crippen LogP contribution in [0.3, 0.4) is 0 Å². The first kappa shape index (κ1) is 12.0. The Labute approximate surface area is 103 Å². The van der Waals surface area contributed by atoms with E-state index in [0.29, 0.717) is 5.69 Å². The number of hydrogen-bond donors (Lipinski definition) is 1. The maximum Gasteiger partial charge on any atom is 0.323 e. The average molecular weight is 254 g/mol. The van der Waals surface area contributed by atoms with Gasteiger partial charge in [0, 0.05) is 10.9 Å². The Morgan fingerprint density at radius 1 is 1.47 bits per heavy atom. The molecule has 92 valence electrons. The van der Waals surface area contributed by atoms with Crippen LogP contribution < -0.4 is 0 Å². The number of rotatable bonds is 4. The summed E-state index contributed by atoms with van der Waals surface area (Å²) in [6.45, 7) is 3.44. The number of thiazole rings is 1. The van der Waals surface area contributed by atoms with Gasteiger partial charge in [0.25, 0.3) is 5.91 Å². The van der Waals surface area contributed by atoms with Gasteiger partial charge >= 0.3 is 5.97 Å². The largest absolute Gasteiger partial charge is 0.480 e. The van der Waals surface area contributed by atoms with Crippen LogP contribution in [0.2, 0.25) is 0 Å². The third-order valence-corrected chi connectivity index (χ3v) is 3.55. The smallest absolute Gasteiger partial charge is 0.323 e. The fraction of sp³-hybridized carbons (Fsp3) is 0.545. The molecule has 0 radical (unpaired) electrons. The number of carbonyl (C=O) groups is 2. The van der Waals surface area contributed by atoms with E-state index in [0.717, 1.165) is 22.7 Å². The first-order valence-corrected chi connectivity index (χ1v) is 6.27. The number of carbonyl (C=O) groups excluding carboxylic acids is 1. The fourth-order valence-electron chi connectivity index (χ4n) is 1.76. The minimum atomic E-state index is -0.977. The predicted octanol–water partition coefficient (Wildman–Crippen LogP) is 1.45. The molecule has 1 amide bonds. The zero-order chi connectivity index (χ0) is 12.6. The van der Waals surface area contributed by atoms with Crippen LogP contribution in [0.5, 0.6) is 0 Å². The van der Waals surface area contributed by atoms with E-state index in [1.54, 1.807) is 0 Å². The monoisotopic (exact) mass is 254 g/mol. The molecule has 1 heterocycles. The molecule has 5 nitrogen and oxygen atoms in total. The van der Waals surface area contributed by atoms with Crippen molar-refractivity contribution in [1.29, 1.82) is 0 Å². The number of carboxylic acid groups (broad SMARTS) is 1. The molecule has 1 aromatic heterocycles. The summed E-state index contributed by atoms with van der Waals surface area (Å²) in [5.41, 5.74) is 0.403. The molecule has 6 heteroatoms. The molecule has 0 saturated heterocycles. The van der Waals surface area contributed by atoms with Crippen molar-refractivity contribution in [3.63, 3.8) is 0 Å². The van der Waals surface area contributed by atoms with E-state index in [1.165, 1.54) is 16.2 Å². The lowest BCUT2D eigenvalue weighted by molar-refractivity contribution is -0.137. The topological polar surface area (TPSA) is 70.5 Å². The van der Waals surface area contributed by atoms with Crippen LogP contribution >= 0.6 is 11.3 Å². The third kappa shape index (κ3) is 2.63. The summed E-state index contributed by atoms with van der Waals surface area (Å²) in [6, 6.07) is 0.0833. The van der Waals surface area contributed by atoms with Gasteiger partial charge < -0.3 is 10.0 Å². The van der Waals surface area contributed by atoms with Crippen LogP contribution in [-0.4, -0.2) is 39.5 Å². The van der Waals surface area contributed by atoms with Crippen molar-refractivity contribution in [2.75, 3.05) is 6.54 Å². The second kappa shape index (κ2) is 4.44. The van der Waals surface area contributed by atoms with E-state index in [9.17, 15) is 9.59 Å². The van der Waals surface area contributed by atoms with Gasteiger partial charge in [-0.15, -0.1) is 11.3 Å². The highest BCUT2D eigenvalue weighted by molar-refractivity contribution is 7.11. The Hall–Kier alpha value is -1.43. The highest BCUT2D eigenvalue weighted by Gasteiger charge is 2.35. The number of aryl methyl sites for hydroxylation is 2. The van der Waals surface area contributed by atoms with Gasteiger partial charge in [-0.3, -0.25) is 9.59 Å². The Kier molecular flexibility index (Phi) is 3.15. The second-order valence-corrected chi connectivity index (χ2v) is 5.60. The van der Waals surface area contributed by atoms with Crippen LogP contribution in [0.25, 0.3) is 0 Å². The Bertz CT molecular complexity index is 465. The molecule has 0 unspecified atom stereocenters. The van der Waals surface area contributed by atoms with Crippen LogP contribution in [0, 0.1) is 13.8 Å². The van der Waals surface area contributed by atoms with E-state index in [-0.39, 0.29) is 18.5 Å². The number of aliphatic carboxylic acids is 1. The van der Waals surface area contributed by atoms with Crippen molar-refractivity contribution >= 4 is 23.2 Å². The SMILES string of the molecule is Cc1nc(C(=O)N(CC(=O)O)C2CC2)c(C)s1. The molecular formula is C11H14N2O3S. The van der Waals surface area contributed by atoms with Crippen LogP contribution in [0.15, 0.2) is 0 Å². The Morgan fingerprint density at radius 3 is 2.53 bits per heavy atom. The van der Waals surface area contributed by atoms with Crippen molar-refractivity contribution < 1.29 is 14.7 Å². The molecule has 0 aliphatic heterocycles. The quantitative estimate of drug-likeness (QED) is 0.882. The summed E-state index contributed by atoms with van der Waals surface area (Å²) in [5, 5.41) is 9.65. The van der Waals surface area contributed by atoms with Crippen molar-refractivity contribution in [1.82, 2.24) is 9.88 Å². The van der Waals surface area contributed by atoms with E-state index in [1.807, 2.05) is 13.8 Å².